The molecule has 57 heavy (non-hydrogen) atoms. The fourth-order valence-electron chi connectivity index (χ4n) is 6.59. The first-order chi connectivity index (χ1) is 27.8. The van der Waals surface area contributed by atoms with Crippen LogP contribution in [0.5, 0.6) is 0 Å². The summed E-state index contributed by atoms with van der Waals surface area (Å²) in [6.07, 6.45) is 5.92. The molecule has 8 rings (SSSR count). The number of ketones is 1. The van der Waals surface area contributed by atoms with E-state index in [1.165, 1.54) is 17.3 Å². The maximum absolute atomic E-state index is 13.4. The summed E-state index contributed by atoms with van der Waals surface area (Å²) in [6.45, 7) is 0.147. The average Bonchev–Trinajstić information content (AvgIpc) is 4.06. The van der Waals surface area contributed by atoms with Crippen LogP contribution in [-0.2, 0) is 30.6 Å². The number of nitrogens with zero attached hydrogens (tertiary/aromatic N) is 9. The van der Waals surface area contributed by atoms with Crippen LogP contribution in [0.4, 0.5) is 4.79 Å². The van der Waals surface area contributed by atoms with Crippen LogP contribution in [0.2, 0.25) is 15.2 Å². The van der Waals surface area contributed by atoms with E-state index in [0.717, 1.165) is 22.2 Å². The Bertz CT molecular complexity index is 2660. The van der Waals surface area contributed by atoms with Crippen LogP contribution >= 0.6 is 34.8 Å². The van der Waals surface area contributed by atoms with Crippen molar-refractivity contribution in [3.63, 3.8) is 0 Å². The Hall–Kier alpha value is -6.42. The summed E-state index contributed by atoms with van der Waals surface area (Å²) in [5, 5.41) is 31.3. The second-order valence-electron chi connectivity index (χ2n) is 13.1. The van der Waals surface area contributed by atoms with Gasteiger partial charge < -0.3 is 15.6 Å². The first-order valence-corrected chi connectivity index (χ1v) is 18.9. The number of imidazole rings is 1. The van der Waals surface area contributed by atoms with Gasteiger partial charge in [0.05, 0.1) is 28.6 Å². The number of urea groups is 1. The number of amides is 2. The number of aromatic nitrogens is 11. The van der Waals surface area contributed by atoms with Gasteiger partial charge in [0.2, 0.25) is 0 Å². The zero-order valence-electron chi connectivity index (χ0n) is 29.9. The number of halogens is 3. The van der Waals surface area contributed by atoms with Crippen molar-refractivity contribution in [2.75, 3.05) is 0 Å². The van der Waals surface area contributed by atoms with E-state index in [1.807, 2.05) is 60.7 Å². The van der Waals surface area contributed by atoms with E-state index in [-0.39, 0.29) is 18.7 Å². The topological polar surface area (TPSA) is 190 Å². The minimum atomic E-state index is -0.581. The standard InChI is InChI=1S/C39H32Cl3N13O2/c40-27-8-12-34(54-21-43-20-46-54)24(15-27)6-10-29(56)18-32-30-11-7-25(17-31(30)50-51-32)36-37(42)49-38(48-36)33(14-23-4-2-1-3-5-23)47-39(57)44-19-26-16-28(41)9-13-35(26)55-22-45-52-53-55/h1-5,7-9,11-13,15-17,20-22,33H,6,10,14,18-19H2,(H,48,49)(H,50,51)(H2,44,47,57)/t33-/m0/s1. The molecule has 0 spiro atoms. The number of fused-ring (bicyclic) bond motifs is 1. The summed E-state index contributed by atoms with van der Waals surface area (Å²) in [6, 6.07) is 25.1. The molecule has 0 aliphatic carbocycles. The highest BCUT2D eigenvalue weighted by Crippen LogP contribution is 2.31. The molecule has 4 aromatic heterocycles. The predicted molar refractivity (Wildman–Crippen MR) is 215 cm³/mol. The van der Waals surface area contributed by atoms with Crippen LogP contribution in [0, 0.1) is 0 Å². The van der Waals surface area contributed by atoms with Gasteiger partial charge in [-0.05, 0) is 82.4 Å². The molecule has 1 atom stereocenters. The number of aromatic amines is 2. The molecule has 0 bridgehead atoms. The Morgan fingerprint density at radius 1 is 0.860 bits per heavy atom. The number of hydrogen-bond donors (Lipinski definition) is 4. The number of tetrazole rings is 1. The molecule has 18 heteroatoms. The van der Waals surface area contributed by atoms with Gasteiger partial charge >= 0.3 is 6.03 Å². The van der Waals surface area contributed by atoms with Gasteiger partial charge in [0, 0.05) is 40.4 Å². The van der Waals surface area contributed by atoms with Crippen molar-refractivity contribution in [1.82, 2.24) is 65.8 Å². The lowest BCUT2D eigenvalue weighted by atomic mass is 10.0. The SMILES string of the molecule is O=C(CCc1cc(Cl)ccc1-n1cncn1)Cc1[nH]nc2cc(-c3nc([C@H](Cc4ccccc4)NC(=O)NCc4cc(Cl)ccc4-n4cnnn4)[nH]c3Cl)ccc12. The predicted octanol–water partition coefficient (Wildman–Crippen LogP) is 7.00. The number of hydrogen-bond acceptors (Lipinski definition) is 9. The Balaban J connectivity index is 0.969. The van der Waals surface area contributed by atoms with Crippen LogP contribution in [0.1, 0.15) is 40.7 Å². The number of rotatable bonds is 14. The Kier molecular flexibility index (Phi) is 11.0. The lowest BCUT2D eigenvalue weighted by Crippen LogP contribution is -2.39. The first kappa shape index (κ1) is 37.5. The maximum Gasteiger partial charge on any atom is 0.315 e. The monoisotopic (exact) mass is 819 g/mol. The van der Waals surface area contributed by atoms with Gasteiger partial charge in [-0.2, -0.15) is 10.2 Å². The largest absolute Gasteiger partial charge is 0.334 e. The first-order valence-electron chi connectivity index (χ1n) is 17.8. The van der Waals surface area contributed by atoms with E-state index in [1.54, 1.807) is 35.3 Å². The van der Waals surface area contributed by atoms with Crippen molar-refractivity contribution in [3.05, 3.63) is 147 Å². The third-order valence-electron chi connectivity index (χ3n) is 9.33. The fourth-order valence-corrected chi connectivity index (χ4v) is 7.22. The number of benzene rings is 4. The number of carbonyl (C=O) groups is 2. The Morgan fingerprint density at radius 2 is 1.65 bits per heavy atom. The van der Waals surface area contributed by atoms with E-state index in [4.69, 9.17) is 39.8 Å². The molecule has 0 aliphatic heterocycles. The van der Waals surface area contributed by atoms with E-state index >= 15 is 0 Å². The minimum Gasteiger partial charge on any atom is -0.334 e. The maximum atomic E-state index is 13.4. The third-order valence-corrected chi connectivity index (χ3v) is 10.1. The van der Waals surface area contributed by atoms with Crippen LogP contribution in [0.15, 0.2) is 104 Å². The summed E-state index contributed by atoms with van der Waals surface area (Å²) in [5.74, 6) is 0.502. The van der Waals surface area contributed by atoms with Crippen molar-refractivity contribution >= 4 is 57.5 Å². The molecule has 0 saturated heterocycles. The molecule has 2 amide bonds. The van der Waals surface area contributed by atoms with Crippen LogP contribution in [0.25, 0.3) is 33.5 Å². The van der Waals surface area contributed by atoms with E-state index in [2.05, 4.69) is 51.4 Å². The molecular weight excluding hydrogens is 789 g/mol. The number of Topliss-reactive ketones (excluding diaryl/α,β-unsaturated/α-hetero) is 1. The van der Waals surface area contributed by atoms with E-state index < -0.39 is 12.1 Å². The van der Waals surface area contributed by atoms with Crippen LogP contribution in [-0.4, -0.2) is 67.0 Å². The molecule has 0 radical (unpaired) electrons. The quantitative estimate of drug-likeness (QED) is 0.0896. The zero-order chi connectivity index (χ0) is 39.3. The highest BCUT2D eigenvalue weighted by Gasteiger charge is 2.23. The van der Waals surface area contributed by atoms with Crippen LogP contribution in [0.3, 0.4) is 0 Å². The molecule has 0 fully saturated rings. The van der Waals surface area contributed by atoms with Gasteiger partial charge in [-0.25, -0.2) is 24.1 Å². The second-order valence-corrected chi connectivity index (χ2v) is 14.4. The normalized spacial score (nSPS) is 11.8. The van der Waals surface area contributed by atoms with E-state index in [0.29, 0.717) is 74.0 Å². The lowest BCUT2D eigenvalue weighted by molar-refractivity contribution is -0.118. The summed E-state index contributed by atoms with van der Waals surface area (Å²) in [4.78, 5) is 38.7. The van der Waals surface area contributed by atoms with Gasteiger partial charge in [0.25, 0.3) is 0 Å². The number of H-pyrrole nitrogens is 2. The fraction of sp³-hybridized carbons (Fsp3) is 0.154. The molecule has 8 aromatic rings. The Morgan fingerprint density at radius 3 is 2.40 bits per heavy atom. The number of nitrogens with one attached hydrogen (secondary N) is 4. The molecule has 0 aliphatic rings. The number of aryl methyl sites for hydroxylation is 1. The zero-order valence-corrected chi connectivity index (χ0v) is 32.2. The summed E-state index contributed by atoms with van der Waals surface area (Å²) in [7, 11) is 0. The highest BCUT2D eigenvalue weighted by atomic mass is 35.5. The Labute approximate surface area is 339 Å². The molecular formula is C39H32Cl3N13O2. The van der Waals surface area contributed by atoms with Crippen LogP contribution < -0.4 is 10.6 Å². The number of carbonyl (C=O) groups excluding carboxylic acids is 2. The lowest BCUT2D eigenvalue weighted by Gasteiger charge is -2.18. The van der Waals surface area contributed by atoms with Gasteiger partial charge in [0.15, 0.2) is 0 Å². The smallest absolute Gasteiger partial charge is 0.315 e. The highest BCUT2D eigenvalue weighted by molar-refractivity contribution is 6.32. The second kappa shape index (κ2) is 16.8. The molecule has 4 aromatic carbocycles. The summed E-state index contributed by atoms with van der Waals surface area (Å²) >= 11 is 19.3. The molecule has 15 nitrogen and oxygen atoms in total. The van der Waals surface area contributed by atoms with Gasteiger partial charge in [-0.1, -0.05) is 77.3 Å². The average molecular weight is 821 g/mol. The molecule has 0 saturated carbocycles. The molecule has 4 heterocycles. The van der Waals surface area contributed by atoms with Gasteiger partial charge in [-0.15, -0.1) is 5.10 Å². The summed E-state index contributed by atoms with van der Waals surface area (Å²) in [5.41, 5.74) is 6.64. The van der Waals surface area contributed by atoms with Gasteiger partial charge in [-0.3, -0.25) is 9.89 Å². The molecule has 4 N–H and O–H groups in total. The van der Waals surface area contributed by atoms with Crippen molar-refractivity contribution in [3.8, 4) is 22.6 Å². The van der Waals surface area contributed by atoms with E-state index in [9.17, 15) is 9.59 Å². The van der Waals surface area contributed by atoms with Crippen molar-refractivity contribution < 1.29 is 9.59 Å². The third kappa shape index (κ3) is 8.70. The summed E-state index contributed by atoms with van der Waals surface area (Å²) < 4.78 is 3.15. The van der Waals surface area contributed by atoms with Gasteiger partial charge in [0.1, 0.15) is 41.4 Å². The molecule has 286 valence electrons. The van der Waals surface area contributed by atoms with Crippen molar-refractivity contribution in [2.24, 2.45) is 0 Å². The van der Waals surface area contributed by atoms with Crippen molar-refractivity contribution in [2.45, 2.75) is 38.3 Å². The van der Waals surface area contributed by atoms with Crippen molar-refractivity contribution in [1.29, 1.82) is 0 Å². The molecule has 0 unspecified atom stereocenters. The minimum absolute atomic E-state index is 0.0376.